The molecule has 0 radical (unpaired) electrons. The highest BCUT2D eigenvalue weighted by Crippen LogP contribution is 2.43. The summed E-state index contributed by atoms with van der Waals surface area (Å²) in [6.45, 7) is 2.55. The van der Waals surface area contributed by atoms with Crippen molar-refractivity contribution in [2.45, 2.75) is 56.9 Å². The van der Waals surface area contributed by atoms with Crippen LogP contribution in [0.25, 0.3) is 17.0 Å². The summed E-state index contributed by atoms with van der Waals surface area (Å²) in [5.41, 5.74) is 0.876. The molecule has 0 unspecified atom stereocenters. The van der Waals surface area contributed by atoms with Gasteiger partial charge >= 0.3 is 5.97 Å². The molecule has 11 nitrogen and oxygen atoms in total. The van der Waals surface area contributed by atoms with E-state index in [1.54, 1.807) is 25.1 Å². The molecule has 40 heavy (non-hydrogen) atoms. The number of fused-ring (bicyclic) bond motifs is 1. The molecule has 3 aromatic rings. The molecule has 6 atom stereocenters. The van der Waals surface area contributed by atoms with Crippen molar-refractivity contribution in [3.05, 3.63) is 75.1 Å². The van der Waals surface area contributed by atoms with Gasteiger partial charge in [0.25, 0.3) is 0 Å². The highest BCUT2D eigenvalue weighted by Gasteiger charge is 2.49. The van der Waals surface area contributed by atoms with Crippen molar-refractivity contribution < 1.29 is 49.0 Å². The molecule has 0 aliphatic carbocycles. The first kappa shape index (κ1) is 29.2. The molecule has 0 bridgehead atoms. The maximum Gasteiger partial charge on any atom is 0.331 e. The number of carbonyl (C=O) groups excluding carboxylic acids is 1. The molecule has 1 saturated heterocycles. The number of ether oxygens (including phenoxy) is 3. The number of aryl methyl sites for hydroxylation is 1. The van der Waals surface area contributed by atoms with Crippen molar-refractivity contribution in [2.24, 2.45) is 0 Å². The van der Waals surface area contributed by atoms with Gasteiger partial charge in [0, 0.05) is 18.6 Å². The first-order valence-electron chi connectivity index (χ1n) is 12.7. The van der Waals surface area contributed by atoms with Gasteiger partial charge < -0.3 is 44.2 Å². The lowest BCUT2D eigenvalue weighted by molar-refractivity contribution is -0.239. The summed E-state index contributed by atoms with van der Waals surface area (Å²) < 4.78 is 23.2. The molecule has 1 fully saturated rings. The van der Waals surface area contributed by atoms with Crippen LogP contribution in [0.5, 0.6) is 11.5 Å². The average molecular weight is 557 g/mol. The van der Waals surface area contributed by atoms with E-state index >= 15 is 0 Å². The molecule has 0 saturated carbocycles. The Bertz CT molecular complexity index is 1440. The molecule has 5 N–H and O–H groups in total. The second-order valence-electron chi connectivity index (χ2n) is 9.73. The van der Waals surface area contributed by atoms with Crippen molar-refractivity contribution in [1.29, 1.82) is 0 Å². The predicted molar refractivity (Wildman–Crippen MR) is 143 cm³/mol. The van der Waals surface area contributed by atoms with Crippen LogP contribution in [0.4, 0.5) is 0 Å². The molecular weight excluding hydrogens is 524 g/mol. The van der Waals surface area contributed by atoms with Crippen LogP contribution >= 0.6 is 0 Å². The normalized spacial score (nSPS) is 23.8. The van der Waals surface area contributed by atoms with Crippen LogP contribution in [0.1, 0.15) is 35.5 Å². The topological polar surface area (TPSA) is 176 Å². The molecule has 214 valence electrons. The first-order valence-corrected chi connectivity index (χ1v) is 12.7. The zero-order valence-corrected chi connectivity index (χ0v) is 22.2. The third-order valence-corrected chi connectivity index (χ3v) is 6.68. The lowest BCUT2D eigenvalue weighted by atomic mass is 9.89. The number of aliphatic hydroxyl groups is 4. The number of rotatable bonds is 8. The largest absolute Gasteiger partial charge is 0.508 e. The van der Waals surface area contributed by atoms with Gasteiger partial charge in [0.2, 0.25) is 0 Å². The average Bonchev–Trinajstić information content (AvgIpc) is 2.90. The van der Waals surface area contributed by atoms with E-state index in [9.17, 15) is 35.1 Å². The third-order valence-electron chi connectivity index (χ3n) is 6.68. The maximum atomic E-state index is 13.1. The fourth-order valence-corrected chi connectivity index (χ4v) is 4.77. The molecule has 11 heteroatoms. The molecular formula is C29H32O11. The third kappa shape index (κ3) is 6.03. The van der Waals surface area contributed by atoms with Crippen LogP contribution in [0.3, 0.4) is 0 Å². The second kappa shape index (κ2) is 12.2. The lowest BCUT2D eigenvalue weighted by Gasteiger charge is -2.42. The Kier molecular flexibility index (Phi) is 8.92. The summed E-state index contributed by atoms with van der Waals surface area (Å²) in [6.07, 6.45) is -5.68. The number of phenols is 1. The number of carbonyl (C=O) groups is 1. The fourth-order valence-electron chi connectivity index (χ4n) is 4.77. The Hall–Kier alpha value is -3.74. The van der Waals surface area contributed by atoms with Crippen molar-refractivity contribution in [1.82, 2.24) is 0 Å². The SMILES string of the molecule is COc1cc(C)c2c(=O)cc(C[C@H](C)O)oc2c1[C@@H]1O[C@H](CO)[C@@H](O)[C@H](O)[C@H]1OC(=O)C=Cc1ccc(O)cc1. The molecule has 1 aromatic heterocycles. The van der Waals surface area contributed by atoms with E-state index in [1.165, 1.54) is 38.3 Å². The number of methoxy groups -OCH3 is 1. The molecule has 2 heterocycles. The van der Waals surface area contributed by atoms with Crippen LogP contribution in [-0.4, -0.2) is 75.7 Å². The Labute approximate surface area is 229 Å². The maximum absolute atomic E-state index is 13.1. The van der Waals surface area contributed by atoms with Crippen LogP contribution in [0, 0.1) is 6.92 Å². The highest BCUT2D eigenvalue weighted by molar-refractivity contribution is 5.88. The molecule has 0 amide bonds. The van der Waals surface area contributed by atoms with Gasteiger partial charge in [-0.05, 0) is 49.2 Å². The molecule has 1 aliphatic rings. The smallest absolute Gasteiger partial charge is 0.331 e. The zero-order chi connectivity index (χ0) is 29.1. The lowest BCUT2D eigenvalue weighted by Crippen LogP contribution is -2.56. The van der Waals surface area contributed by atoms with Crippen LogP contribution in [0.15, 0.2) is 51.7 Å². The Balaban J connectivity index is 1.83. The van der Waals surface area contributed by atoms with E-state index in [0.29, 0.717) is 11.1 Å². The summed E-state index contributed by atoms with van der Waals surface area (Å²) in [4.78, 5) is 26.0. The standard InChI is InChI=1S/C29H32O11/c1-14-10-20(37-3)24(27-23(14)19(33)12-18(38-27)11-15(2)31)28-29(26(36)25(35)21(13-30)39-28)40-22(34)9-6-16-4-7-17(32)8-5-16/h4-10,12,15,21,25-26,28-32,35-36H,11,13H2,1-3H3/t15-,21+,25+,26-,28-,29+/m0/s1. The number of hydrogen-bond donors (Lipinski definition) is 5. The molecule has 0 spiro atoms. The monoisotopic (exact) mass is 556 g/mol. The fraction of sp³-hybridized carbons (Fsp3) is 0.379. The summed E-state index contributed by atoms with van der Waals surface area (Å²) in [5, 5.41) is 51.0. The van der Waals surface area contributed by atoms with E-state index in [4.69, 9.17) is 18.6 Å². The zero-order valence-electron chi connectivity index (χ0n) is 22.2. The Morgan fingerprint density at radius 1 is 1.15 bits per heavy atom. The van der Waals surface area contributed by atoms with E-state index in [0.717, 1.165) is 6.08 Å². The molecule has 4 rings (SSSR count). The summed E-state index contributed by atoms with van der Waals surface area (Å²) in [6, 6.07) is 8.89. The predicted octanol–water partition coefficient (Wildman–Crippen LogP) is 1.52. The van der Waals surface area contributed by atoms with Gasteiger partial charge in [-0.2, -0.15) is 0 Å². The van der Waals surface area contributed by atoms with Crippen molar-refractivity contribution in [3.63, 3.8) is 0 Å². The quantitative estimate of drug-likeness (QED) is 0.201. The van der Waals surface area contributed by atoms with Crippen molar-refractivity contribution in [2.75, 3.05) is 13.7 Å². The molecule has 2 aromatic carbocycles. The Morgan fingerprint density at radius 2 is 1.85 bits per heavy atom. The number of aromatic hydroxyl groups is 1. The Morgan fingerprint density at radius 3 is 2.48 bits per heavy atom. The van der Waals surface area contributed by atoms with Crippen molar-refractivity contribution >= 4 is 23.0 Å². The second-order valence-corrected chi connectivity index (χ2v) is 9.73. The number of esters is 1. The van der Waals surface area contributed by atoms with Gasteiger partial charge in [-0.15, -0.1) is 0 Å². The minimum absolute atomic E-state index is 0.0333. The molecule has 1 aliphatic heterocycles. The highest BCUT2D eigenvalue weighted by atomic mass is 16.6. The number of phenolic OH excluding ortho intramolecular Hbond substituents is 1. The number of benzene rings is 2. The van der Waals surface area contributed by atoms with Crippen molar-refractivity contribution in [3.8, 4) is 11.5 Å². The summed E-state index contributed by atoms with van der Waals surface area (Å²) in [7, 11) is 1.38. The number of hydrogen-bond acceptors (Lipinski definition) is 11. The van der Waals surface area contributed by atoms with Crippen LogP contribution < -0.4 is 10.2 Å². The van der Waals surface area contributed by atoms with E-state index in [1.807, 2.05) is 0 Å². The minimum atomic E-state index is -1.70. The van der Waals surface area contributed by atoms with E-state index < -0.39 is 54.6 Å². The van der Waals surface area contributed by atoms with Gasteiger partial charge in [0.1, 0.15) is 47.3 Å². The van der Waals surface area contributed by atoms with Crippen LogP contribution in [-0.2, 0) is 20.7 Å². The van der Waals surface area contributed by atoms with Gasteiger partial charge in [0.05, 0.1) is 30.8 Å². The van der Waals surface area contributed by atoms with Crippen LogP contribution in [0.2, 0.25) is 0 Å². The van der Waals surface area contributed by atoms with Gasteiger partial charge in [-0.1, -0.05) is 12.1 Å². The summed E-state index contributed by atoms with van der Waals surface area (Å²) in [5.74, 6) is -0.456. The van der Waals surface area contributed by atoms with Gasteiger partial charge in [-0.3, -0.25) is 4.79 Å². The van der Waals surface area contributed by atoms with E-state index in [2.05, 4.69) is 0 Å². The summed E-state index contributed by atoms with van der Waals surface area (Å²) >= 11 is 0. The number of aliphatic hydroxyl groups excluding tert-OH is 4. The van der Waals surface area contributed by atoms with Gasteiger partial charge in [0.15, 0.2) is 11.5 Å². The van der Waals surface area contributed by atoms with E-state index in [-0.39, 0.29) is 40.2 Å². The first-order chi connectivity index (χ1) is 19.0. The van der Waals surface area contributed by atoms with Gasteiger partial charge in [-0.25, -0.2) is 4.79 Å². The minimum Gasteiger partial charge on any atom is -0.508 e.